The third-order valence-corrected chi connectivity index (χ3v) is 8.71. The number of rotatable bonds is 1. The lowest BCUT2D eigenvalue weighted by Crippen LogP contribution is -2.60. The zero-order chi connectivity index (χ0) is 18.6. The molecule has 1 aliphatic heterocycles. The van der Waals surface area contributed by atoms with Crippen molar-refractivity contribution >= 4 is 11.9 Å². The summed E-state index contributed by atoms with van der Waals surface area (Å²) in [5.74, 6) is -1.71. The molecular formula is C20H26O6. The van der Waals surface area contributed by atoms with E-state index in [2.05, 4.69) is 6.58 Å². The maximum Gasteiger partial charge on any atom is 0.315 e. The molecule has 5 aliphatic rings. The Kier molecular flexibility index (Phi) is 3.03. The van der Waals surface area contributed by atoms with Gasteiger partial charge < -0.3 is 19.7 Å². The average molecular weight is 362 g/mol. The van der Waals surface area contributed by atoms with Crippen LogP contribution >= 0.6 is 0 Å². The summed E-state index contributed by atoms with van der Waals surface area (Å²) >= 11 is 0. The molecule has 0 aromatic rings. The third-order valence-electron chi connectivity index (χ3n) is 8.71. The minimum atomic E-state index is -1.19. The quantitative estimate of drug-likeness (QED) is 0.538. The van der Waals surface area contributed by atoms with Crippen molar-refractivity contribution in [3.63, 3.8) is 0 Å². The minimum Gasteiger partial charge on any atom is -0.469 e. The summed E-state index contributed by atoms with van der Waals surface area (Å²) < 4.78 is 11.2. The van der Waals surface area contributed by atoms with Gasteiger partial charge in [0.2, 0.25) is 0 Å². The summed E-state index contributed by atoms with van der Waals surface area (Å²) in [7, 11) is 1.37. The zero-order valence-corrected chi connectivity index (χ0v) is 15.2. The molecule has 1 heterocycles. The van der Waals surface area contributed by atoms with Crippen molar-refractivity contribution in [2.75, 3.05) is 7.11 Å². The lowest BCUT2D eigenvalue weighted by Gasteiger charge is -2.47. The largest absolute Gasteiger partial charge is 0.469 e. The van der Waals surface area contributed by atoms with E-state index in [1.807, 2.05) is 0 Å². The number of esters is 2. The molecule has 0 amide bonds. The summed E-state index contributed by atoms with van der Waals surface area (Å²) in [6.45, 7) is 5.94. The van der Waals surface area contributed by atoms with E-state index in [-0.39, 0.29) is 18.3 Å². The van der Waals surface area contributed by atoms with Crippen LogP contribution in [0.25, 0.3) is 0 Å². The van der Waals surface area contributed by atoms with Crippen molar-refractivity contribution in [2.45, 2.75) is 56.8 Å². The first-order valence-corrected chi connectivity index (χ1v) is 9.58. The maximum atomic E-state index is 13.0. The Hall–Kier alpha value is -1.40. The Balaban J connectivity index is 1.78. The molecule has 26 heavy (non-hydrogen) atoms. The molecule has 0 aromatic heterocycles. The van der Waals surface area contributed by atoms with Crippen LogP contribution in [0.1, 0.15) is 39.0 Å². The first kappa shape index (κ1) is 16.8. The van der Waals surface area contributed by atoms with Crippen LogP contribution < -0.4 is 0 Å². The highest BCUT2D eigenvalue weighted by Gasteiger charge is 2.85. The molecule has 0 aromatic carbocycles. The van der Waals surface area contributed by atoms with Crippen LogP contribution in [0.5, 0.6) is 0 Å². The number of hydrogen-bond acceptors (Lipinski definition) is 6. The number of aliphatic hydroxyl groups excluding tert-OH is 2. The van der Waals surface area contributed by atoms with Crippen LogP contribution in [0.15, 0.2) is 12.2 Å². The van der Waals surface area contributed by atoms with E-state index in [1.54, 1.807) is 6.92 Å². The molecule has 5 fully saturated rings. The maximum absolute atomic E-state index is 13.0. The lowest BCUT2D eigenvalue weighted by atomic mass is 9.58. The average Bonchev–Trinajstić information content (AvgIpc) is 3.08. The van der Waals surface area contributed by atoms with Gasteiger partial charge in [-0.05, 0) is 43.9 Å². The van der Waals surface area contributed by atoms with Crippen molar-refractivity contribution < 1.29 is 29.3 Å². The summed E-state index contributed by atoms with van der Waals surface area (Å²) in [5, 5.41) is 21.8. The van der Waals surface area contributed by atoms with E-state index in [0.717, 1.165) is 24.8 Å². The molecule has 6 heteroatoms. The van der Waals surface area contributed by atoms with E-state index < -0.39 is 46.4 Å². The summed E-state index contributed by atoms with van der Waals surface area (Å²) in [5.41, 5.74) is -1.53. The molecule has 5 rings (SSSR count). The van der Waals surface area contributed by atoms with Gasteiger partial charge in [0.1, 0.15) is 5.60 Å². The Morgan fingerprint density at radius 2 is 2.04 bits per heavy atom. The van der Waals surface area contributed by atoms with Crippen molar-refractivity contribution in [3.05, 3.63) is 12.2 Å². The number of methoxy groups -OCH3 is 1. The first-order chi connectivity index (χ1) is 12.2. The summed E-state index contributed by atoms with van der Waals surface area (Å²) in [6.07, 6.45) is 1.37. The van der Waals surface area contributed by atoms with Gasteiger partial charge in [-0.15, -0.1) is 0 Å². The van der Waals surface area contributed by atoms with Gasteiger partial charge in [-0.25, -0.2) is 0 Å². The fourth-order valence-corrected chi connectivity index (χ4v) is 7.74. The molecule has 4 saturated carbocycles. The van der Waals surface area contributed by atoms with Crippen molar-refractivity contribution in [1.29, 1.82) is 0 Å². The van der Waals surface area contributed by atoms with Crippen LogP contribution in [0.4, 0.5) is 0 Å². The minimum absolute atomic E-state index is 0.101. The number of carbonyl (C=O) groups excluding carboxylic acids is 2. The topological polar surface area (TPSA) is 93.1 Å². The number of carbonyl (C=O) groups is 2. The molecular weight excluding hydrogens is 336 g/mol. The second-order valence-corrected chi connectivity index (χ2v) is 9.37. The standard InChI is InChI=1S/C20H26O6/c1-9-7-19-8-10(9)4-5-11(19)20-13(22)6-12(21)18(2,17(24)26-20)15(20)14(19)16(23)25-3/h10-15,21-22H,1,4-8H2,2-3H3/t10-,11-,12+,13-,14-,15-,18-,19+,20+/m1/s1. The first-order valence-electron chi connectivity index (χ1n) is 9.58. The normalized spacial score (nSPS) is 56.8. The molecule has 4 aliphatic carbocycles. The molecule has 142 valence electrons. The Morgan fingerprint density at radius 1 is 1.31 bits per heavy atom. The smallest absolute Gasteiger partial charge is 0.315 e. The van der Waals surface area contributed by atoms with Crippen molar-refractivity contribution in [2.24, 2.45) is 34.5 Å². The number of ether oxygens (including phenoxy) is 2. The fourth-order valence-electron chi connectivity index (χ4n) is 7.74. The van der Waals surface area contributed by atoms with Crippen LogP contribution in [-0.2, 0) is 19.1 Å². The van der Waals surface area contributed by atoms with E-state index in [9.17, 15) is 19.8 Å². The lowest BCUT2D eigenvalue weighted by molar-refractivity contribution is -0.178. The zero-order valence-electron chi connectivity index (χ0n) is 15.2. The Bertz CT molecular complexity index is 732. The van der Waals surface area contributed by atoms with E-state index in [0.29, 0.717) is 12.3 Å². The molecule has 0 unspecified atom stereocenters. The molecule has 4 bridgehead atoms. The highest BCUT2D eigenvalue weighted by Crippen LogP contribution is 2.77. The van der Waals surface area contributed by atoms with Crippen LogP contribution in [0, 0.1) is 34.5 Å². The predicted molar refractivity (Wildman–Crippen MR) is 89.6 cm³/mol. The van der Waals surface area contributed by atoms with Gasteiger partial charge in [-0.2, -0.15) is 0 Å². The second kappa shape index (κ2) is 4.71. The van der Waals surface area contributed by atoms with Gasteiger partial charge in [0.25, 0.3) is 0 Å². The van der Waals surface area contributed by atoms with E-state index in [4.69, 9.17) is 9.47 Å². The predicted octanol–water partition coefficient (Wildman–Crippen LogP) is 1.20. The third kappa shape index (κ3) is 1.47. The number of fused-ring (bicyclic) bond motifs is 1. The second-order valence-electron chi connectivity index (χ2n) is 9.37. The van der Waals surface area contributed by atoms with Crippen LogP contribution in [0.2, 0.25) is 0 Å². The summed E-state index contributed by atoms with van der Waals surface area (Å²) in [6, 6.07) is 0. The highest BCUT2D eigenvalue weighted by molar-refractivity contribution is 5.86. The number of hydrogen-bond donors (Lipinski definition) is 2. The van der Waals surface area contributed by atoms with Gasteiger partial charge in [-0.3, -0.25) is 9.59 Å². The SMILES string of the molecule is C=C1C[C@]23C[C@H]1CC[C@H]2[C@@]12OC(=O)[C@@](C)([C@H]1[C@@H]3C(=O)OC)[C@@H](O)C[C@H]2O. The van der Waals surface area contributed by atoms with Crippen molar-refractivity contribution in [1.82, 2.24) is 0 Å². The Morgan fingerprint density at radius 3 is 2.73 bits per heavy atom. The molecule has 2 N–H and O–H groups in total. The summed E-state index contributed by atoms with van der Waals surface area (Å²) in [4.78, 5) is 25.9. The van der Waals surface area contributed by atoms with Gasteiger partial charge >= 0.3 is 11.9 Å². The van der Waals surface area contributed by atoms with Gasteiger partial charge in [0, 0.05) is 18.3 Å². The van der Waals surface area contributed by atoms with E-state index >= 15 is 0 Å². The number of aliphatic hydroxyl groups is 2. The molecule has 0 radical (unpaired) electrons. The molecule has 9 atom stereocenters. The fraction of sp³-hybridized carbons (Fsp3) is 0.800. The van der Waals surface area contributed by atoms with E-state index in [1.165, 1.54) is 7.11 Å². The van der Waals surface area contributed by atoms with Gasteiger partial charge in [0.15, 0.2) is 0 Å². The molecule has 6 nitrogen and oxygen atoms in total. The highest BCUT2D eigenvalue weighted by atomic mass is 16.6. The molecule has 1 spiro atoms. The monoisotopic (exact) mass is 362 g/mol. The van der Waals surface area contributed by atoms with Crippen LogP contribution in [0.3, 0.4) is 0 Å². The molecule has 1 saturated heterocycles. The van der Waals surface area contributed by atoms with Crippen molar-refractivity contribution in [3.8, 4) is 0 Å². The Labute approximate surface area is 152 Å². The van der Waals surface area contributed by atoms with Gasteiger partial charge in [0.05, 0.1) is 30.7 Å². The van der Waals surface area contributed by atoms with Gasteiger partial charge in [-0.1, -0.05) is 12.2 Å². The van der Waals surface area contributed by atoms with Crippen LogP contribution in [-0.4, -0.2) is 47.1 Å². The number of allylic oxidation sites excluding steroid dienone is 1.